The summed E-state index contributed by atoms with van der Waals surface area (Å²) in [6.07, 6.45) is -0.576. The van der Waals surface area contributed by atoms with Gasteiger partial charge in [0.15, 0.2) is 6.10 Å². The first-order valence-corrected chi connectivity index (χ1v) is 8.25. The van der Waals surface area contributed by atoms with E-state index in [-0.39, 0.29) is 23.2 Å². The van der Waals surface area contributed by atoms with Gasteiger partial charge in [0.05, 0.1) is 10.6 Å². The summed E-state index contributed by atoms with van der Waals surface area (Å²) in [4.78, 5) is 11.8. The molecule has 22 heavy (non-hydrogen) atoms. The van der Waals surface area contributed by atoms with Gasteiger partial charge in [0.1, 0.15) is 5.75 Å². The van der Waals surface area contributed by atoms with Crippen LogP contribution in [0.2, 0.25) is 0 Å². The number of sulfonamides is 1. The largest absolute Gasteiger partial charge is 0.479 e. The summed E-state index contributed by atoms with van der Waals surface area (Å²) in [5.41, 5.74) is 0.398. The number of anilines is 1. The number of hydrogen-bond donors (Lipinski definition) is 2. The Hall–Kier alpha value is -1.35. The fourth-order valence-corrected chi connectivity index (χ4v) is 3.85. The van der Waals surface area contributed by atoms with Crippen molar-refractivity contribution < 1.29 is 17.9 Å². The fourth-order valence-electron chi connectivity index (χ4n) is 2.38. The molecule has 0 aliphatic carbocycles. The lowest BCUT2D eigenvalue weighted by Crippen LogP contribution is -2.46. The number of carbonyl (C=O) groups is 1. The van der Waals surface area contributed by atoms with Crippen molar-refractivity contribution in [2.45, 2.75) is 17.9 Å². The van der Waals surface area contributed by atoms with Crippen LogP contribution in [0.4, 0.5) is 5.69 Å². The topological polar surface area (TPSA) is 87.7 Å². The highest BCUT2D eigenvalue weighted by Gasteiger charge is 2.29. The number of nitrogens with one attached hydrogen (secondary N) is 2. The molecule has 2 aliphatic rings. The molecule has 1 saturated heterocycles. The van der Waals surface area contributed by atoms with Gasteiger partial charge in [-0.25, -0.2) is 8.42 Å². The first kappa shape index (κ1) is 17.0. The molecule has 0 aromatic heterocycles. The minimum atomic E-state index is -3.54. The molecule has 0 radical (unpaired) electrons. The summed E-state index contributed by atoms with van der Waals surface area (Å²) in [6, 6.07) is 4.55. The standard InChI is InChI=1S/C13H17N3O4S.ClH/c1-9-13(17)15-11-8-10(2-3-12(11)20-9)21(18,19)16-6-4-14-5-7-16;/h2-3,8-9,14H,4-7H2,1H3,(H,15,17);1H. The molecule has 3 rings (SSSR count). The molecule has 122 valence electrons. The molecule has 1 atom stereocenters. The molecule has 2 aliphatic heterocycles. The van der Waals surface area contributed by atoms with Crippen LogP contribution < -0.4 is 15.4 Å². The molecule has 0 spiro atoms. The summed E-state index contributed by atoms with van der Waals surface area (Å²) < 4.78 is 32.0. The summed E-state index contributed by atoms with van der Waals surface area (Å²) in [6.45, 7) is 3.81. The van der Waals surface area contributed by atoms with Gasteiger partial charge >= 0.3 is 0 Å². The second-order valence-electron chi connectivity index (χ2n) is 5.06. The third-order valence-electron chi connectivity index (χ3n) is 3.60. The minimum absolute atomic E-state index is 0. The van der Waals surface area contributed by atoms with E-state index in [0.717, 1.165) is 0 Å². The third-order valence-corrected chi connectivity index (χ3v) is 5.49. The number of halogens is 1. The zero-order valence-electron chi connectivity index (χ0n) is 12.0. The van der Waals surface area contributed by atoms with Crippen LogP contribution in [0.25, 0.3) is 0 Å². The number of carbonyl (C=O) groups excluding carboxylic acids is 1. The molecule has 1 aromatic carbocycles. The van der Waals surface area contributed by atoms with E-state index in [2.05, 4.69) is 10.6 Å². The van der Waals surface area contributed by atoms with Gasteiger partial charge in [0, 0.05) is 26.2 Å². The Balaban J connectivity index is 0.00000176. The summed E-state index contributed by atoms with van der Waals surface area (Å²) in [5.74, 6) is 0.209. The second kappa shape index (κ2) is 6.41. The molecule has 1 fully saturated rings. The monoisotopic (exact) mass is 347 g/mol. The Bertz CT molecular complexity index is 674. The van der Waals surface area contributed by atoms with Crippen molar-refractivity contribution in [1.29, 1.82) is 0 Å². The van der Waals surface area contributed by atoms with E-state index in [1.54, 1.807) is 13.0 Å². The maximum atomic E-state index is 12.6. The van der Waals surface area contributed by atoms with E-state index in [1.165, 1.54) is 16.4 Å². The van der Waals surface area contributed by atoms with Crippen molar-refractivity contribution in [3.05, 3.63) is 18.2 Å². The van der Waals surface area contributed by atoms with E-state index in [4.69, 9.17) is 4.74 Å². The zero-order valence-corrected chi connectivity index (χ0v) is 13.7. The molecule has 1 aromatic rings. The van der Waals surface area contributed by atoms with Crippen LogP contribution in [0.3, 0.4) is 0 Å². The first-order chi connectivity index (χ1) is 9.98. The average molecular weight is 348 g/mol. The van der Waals surface area contributed by atoms with Crippen LogP contribution in [0.5, 0.6) is 5.75 Å². The van der Waals surface area contributed by atoms with Crippen molar-refractivity contribution in [2.24, 2.45) is 0 Å². The highest BCUT2D eigenvalue weighted by Crippen LogP contribution is 2.32. The predicted molar refractivity (Wildman–Crippen MR) is 84.0 cm³/mol. The van der Waals surface area contributed by atoms with Crippen LogP contribution in [0, 0.1) is 0 Å². The molecule has 9 heteroatoms. The van der Waals surface area contributed by atoms with Crippen LogP contribution in [0.15, 0.2) is 23.1 Å². The van der Waals surface area contributed by atoms with Gasteiger partial charge in [-0.3, -0.25) is 4.79 Å². The summed E-state index contributed by atoms with van der Waals surface area (Å²) in [7, 11) is -3.54. The highest BCUT2D eigenvalue weighted by molar-refractivity contribution is 7.89. The van der Waals surface area contributed by atoms with E-state index in [0.29, 0.717) is 37.6 Å². The maximum absolute atomic E-state index is 12.6. The van der Waals surface area contributed by atoms with Gasteiger partial charge in [-0.15, -0.1) is 12.4 Å². The number of hydrogen-bond acceptors (Lipinski definition) is 5. The molecule has 1 unspecified atom stereocenters. The number of nitrogens with zero attached hydrogens (tertiary/aromatic N) is 1. The summed E-state index contributed by atoms with van der Waals surface area (Å²) >= 11 is 0. The normalized spacial score (nSPS) is 22.0. The molecular formula is C13H18ClN3O4S. The maximum Gasteiger partial charge on any atom is 0.265 e. The number of amides is 1. The molecule has 1 amide bonds. The number of benzene rings is 1. The van der Waals surface area contributed by atoms with Gasteiger partial charge < -0.3 is 15.4 Å². The van der Waals surface area contributed by atoms with Crippen molar-refractivity contribution >= 4 is 34.0 Å². The first-order valence-electron chi connectivity index (χ1n) is 6.81. The quantitative estimate of drug-likeness (QED) is 0.809. The SMILES string of the molecule is CC1Oc2ccc(S(=O)(=O)N3CCNCC3)cc2NC1=O.Cl. The number of fused-ring (bicyclic) bond motifs is 1. The van der Waals surface area contributed by atoms with Gasteiger partial charge in [-0.1, -0.05) is 0 Å². The molecule has 0 bridgehead atoms. The number of rotatable bonds is 2. The highest BCUT2D eigenvalue weighted by atomic mass is 35.5. The Morgan fingerprint density at radius 2 is 1.95 bits per heavy atom. The molecule has 7 nitrogen and oxygen atoms in total. The van der Waals surface area contributed by atoms with Crippen molar-refractivity contribution in [2.75, 3.05) is 31.5 Å². The van der Waals surface area contributed by atoms with E-state index in [9.17, 15) is 13.2 Å². The van der Waals surface area contributed by atoms with Gasteiger partial charge in [0.25, 0.3) is 5.91 Å². The fraction of sp³-hybridized carbons (Fsp3) is 0.462. The molecule has 0 saturated carbocycles. The van der Waals surface area contributed by atoms with Crippen LogP contribution in [-0.2, 0) is 14.8 Å². The number of ether oxygens (including phenoxy) is 1. The zero-order chi connectivity index (χ0) is 15.0. The number of piperazine rings is 1. The predicted octanol–water partition coefficient (Wildman–Crippen LogP) is 0.422. The Morgan fingerprint density at radius 1 is 1.27 bits per heavy atom. The van der Waals surface area contributed by atoms with Crippen LogP contribution >= 0.6 is 12.4 Å². The average Bonchev–Trinajstić information content (AvgIpc) is 2.49. The summed E-state index contributed by atoms with van der Waals surface area (Å²) in [5, 5.41) is 5.78. The van der Waals surface area contributed by atoms with Crippen molar-refractivity contribution in [3.63, 3.8) is 0 Å². The molecular weight excluding hydrogens is 330 g/mol. The van der Waals surface area contributed by atoms with Crippen LogP contribution in [-0.4, -0.2) is 50.9 Å². The van der Waals surface area contributed by atoms with Crippen LogP contribution in [0.1, 0.15) is 6.92 Å². The Labute approximate surface area is 135 Å². The van der Waals surface area contributed by atoms with Gasteiger partial charge in [-0.05, 0) is 25.1 Å². The van der Waals surface area contributed by atoms with Crippen molar-refractivity contribution in [3.8, 4) is 5.75 Å². The third kappa shape index (κ3) is 3.05. The van der Waals surface area contributed by atoms with Crippen molar-refractivity contribution in [1.82, 2.24) is 9.62 Å². The minimum Gasteiger partial charge on any atom is -0.479 e. The Kier molecular flexibility index (Phi) is 4.96. The van der Waals surface area contributed by atoms with E-state index >= 15 is 0 Å². The van der Waals surface area contributed by atoms with Gasteiger partial charge in [0.2, 0.25) is 10.0 Å². The Morgan fingerprint density at radius 3 is 2.64 bits per heavy atom. The van der Waals surface area contributed by atoms with E-state index < -0.39 is 16.1 Å². The van der Waals surface area contributed by atoms with Gasteiger partial charge in [-0.2, -0.15) is 4.31 Å². The lowest BCUT2D eigenvalue weighted by Gasteiger charge is -2.28. The van der Waals surface area contributed by atoms with E-state index in [1.807, 2.05) is 0 Å². The lowest BCUT2D eigenvalue weighted by atomic mass is 10.2. The second-order valence-corrected chi connectivity index (χ2v) is 7.00. The lowest BCUT2D eigenvalue weighted by molar-refractivity contribution is -0.122. The smallest absolute Gasteiger partial charge is 0.265 e. The molecule has 2 heterocycles. The molecule has 2 N–H and O–H groups in total.